The van der Waals surface area contributed by atoms with Crippen LogP contribution in [0.25, 0.3) is 0 Å². The van der Waals surface area contributed by atoms with Crippen LogP contribution in [0.3, 0.4) is 0 Å². The molecule has 0 bridgehead atoms. The normalized spacial score (nSPS) is 11.8. The zero-order valence-corrected chi connectivity index (χ0v) is 17.5. The van der Waals surface area contributed by atoms with Crippen molar-refractivity contribution in [1.29, 1.82) is 0 Å². The van der Waals surface area contributed by atoms with Crippen LogP contribution < -0.4 is 0 Å². The number of carbonyl (C=O) groups is 3. The summed E-state index contributed by atoms with van der Waals surface area (Å²) in [5.41, 5.74) is 2.40. The van der Waals surface area contributed by atoms with E-state index in [1.54, 1.807) is 46.8 Å². The van der Waals surface area contributed by atoms with Crippen LogP contribution in [-0.4, -0.2) is 40.2 Å². The molecule has 156 valence electrons. The van der Waals surface area contributed by atoms with E-state index in [1.165, 1.54) is 17.0 Å². The number of ether oxygens (including phenoxy) is 1. The Hall–Kier alpha value is -2.96. The molecule has 0 spiro atoms. The molecule has 2 rings (SSSR count). The number of H-pyrrole nitrogens is 1. The molecular formula is C22H27FN2O4. The number of aromatic amines is 1. The zero-order valence-electron chi connectivity index (χ0n) is 17.5. The van der Waals surface area contributed by atoms with E-state index in [0.717, 1.165) is 5.56 Å². The summed E-state index contributed by atoms with van der Waals surface area (Å²) in [4.78, 5) is 42.3. The molecule has 1 amide bonds. The van der Waals surface area contributed by atoms with Crippen molar-refractivity contribution >= 4 is 17.7 Å². The standard InChI is InChI=1S/C22H27FN2O4/c1-6-18(26)25(12-16-8-10-17(23)11-9-16)15(5)21(27)19-13(3)20(24-14(19)4)22(28)29-7-2/h8-11,15,24H,6-7,12H2,1-5H3/t15-/m0/s1. The number of aryl methyl sites for hydroxylation is 1. The van der Waals surface area contributed by atoms with Crippen LogP contribution in [0.1, 0.15) is 64.9 Å². The maximum absolute atomic E-state index is 13.3. The van der Waals surface area contributed by atoms with Gasteiger partial charge in [-0.2, -0.15) is 0 Å². The number of rotatable bonds is 8. The molecule has 1 atom stereocenters. The molecule has 0 aliphatic rings. The number of Topliss-reactive ketones (excluding diaryl/α,β-unsaturated/α-hetero) is 1. The topological polar surface area (TPSA) is 79.5 Å². The van der Waals surface area contributed by atoms with E-state index >= 15 is 0 Å². The number of benzene rings is 1. The van der Waals surface area contributed by atoms with Crippen LogP contribution in [0.5, 0.6) is 0 Å². The first-order valence-corrected chi connectivity index (χ1v) is 9.65. The third-order valence-corrected chi connectivity index (χ3v) is 4.90. The highest BCUT2D eigenvalue weighted by atomic mass is 19.1. The summed E-state index contributed by atoms with van der Waals surface area (Å²) in [5, 5.41) is 0. The number of nitrogens with zero attached hydrogens (tertiary/aromatic N) is 1. The van der Waals surface area contributed by atoms with Crippen molar-refractivity contribution in [2.75, 3.05) is 6.61 Å². The van der Waals surface area contributed by atoms with Crippen molar-refractivity contribution in [3.63, 3.8) is 0 Å². The summed E-state index contributed by atoms with van der Waals surface area (Å²) < 4.78 is 18.2. The van der Waals surface area contributed by atoms with E-state index in [-0.39, 0.29) is 42.8 Å². The Balaban J connectivity index is 2.35. The van der Waals surface area contributed by atoms with Gasteiger partial charge in [-0.05, 0) is 51.0 Å². The first-order valence-electron chi connectivity index (χ1n) is 9.65. The molecule has 0 saturated carbocycles. The fourth-order valence-corrected chi connectivity index (χ4v) is 3.31. The lowest BCUT2D eigenvalue weighted by molar-refractivity contribution is -0.132. The monoisotopic (exact) mass is 402 g/mol. The highest BCUT2D eigenvalue weighted by Crippen LogP contribution is 2.23. The van der Waals surface area contributed by atoms with Crippen LogP contribution in [0.15, 0.2) is 24.3 Å². The van der Waals surface area contributed by atoms with Gasteiger partial charge in [-0.3, -0.25) is 9.59 Å². The Labute approximate surface area is 170 Å². The zero-order chi connectivity index (χ0) is 21.7. The summed E-state index contributed by atoms with van der Waals surface area (Å²) in [7, 11) is 0. The number of carbonyl (C=O) groups excluding carboxylic acids is 3. The summed E-state index contributed by atoms with van der Waals surface area (Å²) in [5.74, 6) is -1.34. The Morgan fingerprint density at radius 1 is 1.14 bits per heavy atom. The summed E-state index contributed by atoms with van der Waals surface area (Å²) >= 11 is 0. The Kier molecular flexibility index (Phi) is 7.31. The number of halogens is 1. The third kappa shape index (κ3) is 4.91. The Bertz CT molecular complexity index is 902. The molecule has 0 aliphatic heterocycles. The van der Waals surface area contributed by atoms with Crippen LogP contribution in [0.4, 0.5) is 4.39 Å². The summed E-state index contributed by atoms with van der Waals surface area (Å²) in [6.45, 7) is 8.90. The van der Waals surface area contributed by atoms with Gasteiger partial charge < -0.3 is 14.6 Å². The minimum absolute atomic E-state index is 0.188. The average molecular weight is 402 g/mol. The maximum atomic E-state index is 13.3. The number of nitrogens with one attached hydrogen (secondary N) is 1. The molecule has 0 saturated heterocycles. The van der Waals surface area contributed by atoms with Crippen LogP contribution >= 0.6 is 0 Å². The highest BCUT2D eigenvalue weighted by Gasteiger charge is 2.30. The molecule has 6 nitrogen and oxygen atoms in total. The van der Waals surface area contributed by atoms with Crippen LogP contribution in [0, 0.1) is 19.7 Å². The predicted octanol–water partition coefficient (Wildman–Crippen LogP) is 3.96. The van der Waals surface area contributed by atoms with E-state index in [9.17, 15) is 18.8 Å². The van der Waals surface area contributed by atoms with Crippen molar-refractivity contribution in [3.05, 3.63) is 58.2 Å². The molecule has 1 heterocycles. The molecule has 1 aromatic heterocycles. The maximum Gasteiger partial charge on any atom is 0.355 e. The number of hydrogen-bond donors (Lipinski definition) is 1. The fourth-order valence-electron chi connectivity index (χ4n) is 3.31. The van der Waals surface area contributed by atoms with Gasteiger partial charge in [0.2, 0.25) is 5.91 Å². The molecule has 0 unspecified atom stereocenters. The van der Waals surface area contributed by atoms with Gasteiger partial charge in [0, 0.05) is 24.2 Å². The number of amides is 1. The van der Waals surface area contributed by atoms with E-state index in [4.69, 9.17) is 4.74 Å². The second-order valence-electron chi connectivity index (χ2n) is 6.89. The lowest BCUT2D eigenvalue weighted by Gasteiger charge is -2.28. The smallest absolute Gasteiger partial charge is 0.355 e. The van der Waals surface area contributed by atoms with Crippen LogP contribution in [-0.2, 0) is 16.1 Å². The molecule has 29 heavy (non-hydrogen) atoms. The van der Waals surface area contributed by atoms with Gasteiger partial charge in [0.25, 0.3) is 0 Å². The number of ketones is 1. The first-order chi connectivity index (χ1) is 13.7. The minimum Gasteiger partial charge on any atom is -0.461 e. The molecule has 0 aliphatic carbocycles. The van der Waals surface area contributed by atoms with Gasteiger partial charge in [-0.15, -0.1) is 0 Å². The van der Waals surface area contributed by atoms with Gasteiger partial charge in [-0.1, -0.05) is 19.1 Å². The predicted molar refractivity (Wildman–Crippen MR) is 107 cm³/mol. The van der Waals surface area contributed by atoms with Crippen molar-refractivity contribution in [2.45, 2.75) is 53.6 Å². The highest BCUT2D eigenvalue weighted by molar-refractivity contribution is 6.06. The quantitative estimate of drug-likeness (QED) is 0.535. The molecule has 7 heteroatoms. The van der Waals surface area contributed by atoms with Gasteiger partial charge >= 0.3 is 5.97 Å². The van der Waals surface area contributed by atoms with E-state index < -0.39 is 12.0 Å². The average Bonchev–Trinajstić information content (AvgIpc) is 3.00. The lowest BCUT2D eigenvalue weighted by atomic mass is 9.99. The molecule has 1 N–H and O–H groups in total. The van der Waals surface area contributed by atoms with Gasteiger partial charge in [0.1, 0.15) is 11.5 Å². The molecule has 2 aromatic rings. The second kappa shape index (κ2) is 9.49. The van der Waals surface area contributed by atoms with Crippen LogP contribution in [0.2, 0.25) is 0 Å². The number of esters is 1. The molecular weight excluding hydrogens is 375 g/mol. The fraction of sp³-hybridized carbons (Fsp3) is 0.409. The number of hydrogen-bond acceptors (Lipinski definition) is 4. The van der Waals surface area contributed by atoms with Gasteiger partial charge in [-0.25, -0.2) is 9.18 Å². The lowest BCUT2D eigenvalue weighted by Crippen LogP contribution is -2.42. The third-order valence-electron chi connectivity index (χ3n) is 4.90. The van der Waals surface area contributed by atoms with Crippen molar-refractivity contribution in [3.8, 4) is 0 Å². The SMILES string of the molecule is CCOC(=O)c1[nH]c(C)c(C(=O)[C@H](C)N(Cc2ccc(F)cc2)C(=O)CC)c1C. The molecule has 0 radical (unpaired) electrons. The van der Waals surface area contributed by atoms with Crippen molar-refractivity contribution in [2.24, 2.45) is 0 Å². The Morgan fingerprint density at radius 2 is 1.76 bits per heavy atom. The van der Waals surface area contributed by atoms with E-state index in [0.29, 0.717) is 16.8 Å². The Morgan fingerprint density at radius 3 is 2.31 bits per heavy atom. The molecule has 0 fully saturated rings. The second-order valence-corrected chi connectivity index (χ2v) is 6.89. The van der Waals surface area contributed by atoms with Crippen molar-refractivity contribution in [1.82, 2.24) is 9.88 Å². The van der Waals surface area contributed by atoms with E-state index in [1.807, 2.05) is 0 Å². The summed E-state index contributed by atoms with van der Waals surface area (Å²) in [6, 6.07) is 5.07. The number of aromatic nitrogens is 1. The molecule has 1 aromatic carbocycles. The largest absolute Gasteiger partial charge is 0.461 e. The van der Waals surface area contributed by atoms with Crippen molar-refractivity contribution < 1.29 is 23.5 Å². The van der Waals surface area contributed by atoms with Gasteiger partial charge in [0.05, 0.1) is 12.6 Å². The van der Waals surface area contributed by atoms with Gasteiger partial charge in [0.15, 0.2) is 5.78 Å². The summed E-state index contributed by atoms with van der Waals surface area (Å²) in [6.07, 6.45) is 0.234. The minimum atomic E-state index is -0.754. The van der Waals surface area contributed by atoms with E-state index in [2.05, 4.69) is 4.98 Å². The first kappa shape index (κ1) is 22.3.